The minimum Gasteiger partial charge on any atom is -0.497 e. The molecule has 1 aliphatic rings. The van der Waals surface area contributed by atoms with Crippen LogP contribution in [0.1, 0.15) is 61.4 Å². The fourth-order valence-corrected chi connectivity index (χ4v) is 4.81. The van der Waals surface area contributed by atoms with Crippen LogP contribution in [-0.4, -0.2) is 27.2 Å². The first-order valence-corrected chi connectivity index (χ1v) is 12.3. The molecule has 4 rings (SSSR count). The van der Waals surface area contributed by atoms with Crippen LogP contribution < -0.4 is 15.0 Å². The molecule has 0 heterocycles. The molecule has 0 spiro atoms. The zero-order valence-corrected chi connectivity index (χ0v) is 21.4. The molecule has 0 aromatic heterocycles. The van der Waals surface area contributed by atoms with Crippen LogP contribution >= 0.6 is 0 Å². The predicted octanol–water partition coefficient (Wildman–Crippen LogP) is 7.68. The van der Waals surface area contributed by atoms with E-state index < -0.39 is 5.97 Å². The predicted molar refractivity (Wildman–Crippen MR) is 144 cm³/mol. The monoisotopic (exact) mass is 472 g/mol. The average Bonchev–Trinajstić information content (AvgIpc) is 2.88. The van der Waals surface area contributed by atoms with E-state index in [0.717, 1.165) is 17.1 Å². The Kier molecular flexibility index (Phi) is 7.34. The van der Waals surface area contributed by atoms with Crippen molar-refractivity contribution < 1.29 is 14.3 Å². The van der Waals surface area contributed by atoms with Crippen LogP contribution in [0.15, 0.2) is 66.7 Å². The number of nitrogens with zero attached hydrogens (tertiary/aromatic N) is 1. The molecule has 1 fully saturated rings. The van der Waals surface area contributed by atoms with Gasteiger partial charge in [-0.3, -0.25) is 0 Å². The second-order valence-electron chi connectivity index (χ2n) is 10.2. The number of esters is 1. The summed E-state index contributed by atoms with van der Waals surface area (Å²) in [6, 6.07) is 22.5. The fraction of sp³-hybridized carbons (Fsp3) is 0.367. The van der Waals surface area contributed by atoms with Gasteiger partial charge in [-0.25, -0.2) is 4.79 Å². The average molecular weight is 473 g/mol. The minimum atomic E-state index is -0.414. The summed E-state index contributed by atoms with van der Waals surface area (Å²) in [5.74, 6) is 0.870. The summed E-state index contributed by atoms with van der Waals surface area (Å²) in [6.07, 6.45) is 5.17. The summed E-state index contributed by atoms with van der Waals surface area (Å²) in [7, 11) is 5.03. The van der Waals surface area contributed by atoms with E-state index in [1.807, 2.05) is 24.3 Å². The van der Waals surface area contributed by atoms with Gasteiger partial charge < -0.3 is 19.7 Å². The molecule has 1 N–H and O–H groups in total. The molecule has 0 unspecified atom stereocenters. The van der Waals surface area contributed by atoms with Crippen molar-refractivity contribution in [2.75, 3.05) is 31.5 Å². The van der Waals surface area contributed by atoms with Crippen molar-refractivity contribution in [2.45, 2.75) is 45.4 Å². The lowest BCUT2D eigenvalue weighted by Gasteiger charge is -2.34. The maximum absolute atomic E-state index is 12.2. The molecule has 35 heavy (non-hydrogen) atoms. The maximum Gasteiger partial charge on any atom is 0.340 e. The quantitative estimate of drug-likeness (QED) is 0.357. The lowest BCUT2D eigenvalue weighted by Crippen LogP contribution is -2.20. The van der Waals surface area contributed by atoms with Gasteiger partial charge in [-0.15, -0.1) is 0 Å². The molecule has 1 saturated carbocycles. The van der Waals surface area contributed by atoms with Crippen LogP contribution in [0.25, 0.3) is 0 Å². The smallest absolute Gasteiger partial charge is 0.340 e. The summed E-state index contributed by atoms with van der Waals surface area (Å²) >= 11 is 0. The Hall–Kier alpha value is -3.47. The number of hydrogen-bond donors (Lipinski definition) is 1. The van der Waals surface area contributed by atoms with E-state index in [1.165, 1.54) is 38.4 Å². The first kappa shape index (κ1) is 24.6. The van der Waals surface area contributed by atoms with Crippen molar-refractivity contribution >= 4 is 28.7 Å². The normalized spacial score (nSPS) is 15.3. The van der Waals surface area contributed by atoms with E-state index >= 15 is 0 Å². The third kappa shape index (κ3) is 5.79. The van der Waals surface area contributed by atoms with Crippen molar-refractivity contribution in [1.82, 2.24) is 0 Å². The van der Waals surface area contributed by atoms with Gasteiger partial charge in [0.25, 0.3) is 0 Å². The highest BCUT2D eigenvalue weighted by Gasteiger charge is 2.27. The zero-order valence-electron chi connectivity index (χ0n) is 21.4. The van der Waals surface area contributed by atoms with E-state index in [0.29, 0.717) is 28.3 Å². The number of methoxy groups -OCH3 is 2. The molecule has 1 aliphatic carbocycles. The van der Waals surface area contributed by atoms with E-state index in [1.54, 1.807) is 13.2 Å². The fourth-order valence-electron chi connectivity index (χ4n) is 4.81. The largest absolute Gasteiger partial charge is 0.497 e. The molecule has 0 amide bonds. The molecule has 0 atom stereocenters. The molecule has 3 aromatic carbocycles. The van der Waals surface area contributed by atoms with Gasteiger partial charge in [-0.1, -0.05) is 26.0 Å². The molecule has 0 aliphatic heterocycles. The van der Waals surface area contributed by atoms with Gasteiger partial charge >= 0.3 is 5.97 Å². The van der Waals surface area contributed by atoms with Gasteiger partial charge in [0.05, 0.1) is 25.5 Å². The minimum absolute atomic E-state index is 0.414. The van der Waals surface area contributed by atoms with Crippen LogP contribution in [0.5, 0.6) is 5.75 Å². The van der Waals surface area contributed by atoms with Crippen LogP contribution in [0, 0.1) is 5.41 Å². The van der Waals surface area contributed by atoms with Gasteiger partial charge in [0.1, 0.15) is 5.75 Å². The summed E-state index contributed by atoms with van der Waals surface area (Å²) in [6.45, 7) is 4.77. The van der Waals surface area contributed by atoms with Gasteiger partial charge in [0.2, 0.25) is 0 Å². The van der Waals surface area contributed by atoms with Crippen molar-refractivity contribution in [2.24, 2.45) is 5.41 Å². The Balaban J connectivity index is 1.44. The highest BCUT2D eigenvalue weighted by molar-refractivity contribution is 5.97. The number of carbonyl (C=O) groups is 1. The van der Waals surface area contributed by atoms with Crippen LogP contribution in [0.4, 0.5) is 22.7 Å². The number of nitrogens with one attached hydrogen (secondary N) is 1. The molecular formula is C30H36N2O3. The van der Waals surface area contributed by atoms with Gasteiger partial charge in [0, 0.05) is 24.1 Å². The molecular weight excluding hydrogens is 436 g/mol. The van der Waals surface area contributed by atoms with Crippen LogP contribution in [-0.2, 0) is 4.74 Å². The van der Waals surface area contributed by atoms with Crippen LogP contribution in [0.3, 0.4) is 0 Å². The van der Waals surface area contributed by atoms with Crippen molar-refractivity contribution in [3.63, 3.8) is 0 Å². The van der Waals surface area contributed by atoms with Crippen molar-refractivity contribution in [3.05, 3.63) is 77.9 Å². The third-order valence-electron chi connectivity index (χ3n) is 7.26. The number of rotatable bonds is 7. The van der Waals surface area contributed by atoms with Gasteiger partial charge in [-0.05, 0) is 97.2 Å². The zero-order chi connectivity index (χ0) is 25.0. The second-order valence-corrected chi connectivity index (χ2v) is 10.2. The van der Waals surface area contributed by atoms with Crippen molar-refractivity contribution in [1.29, 1.82) is 0 Å². The molecule has 5 heteroatoms. The second kappa shape index (κ2) is 10.4. The van der Waals surface area contributed by atoms with Crippen LogP contribution in [0.2, 0.25) is 0 Å². The highest BCUT2D eigenvalue weighted by atomic mass is 16.5. The molecule has 5 nitrogen and oxygen atoms in total. The summed E-state index contributed by atoms with van der Waals surface area (Å²) in [4.78, 5) is 14.4. The Labute approximate surface area is 209 Å². The Morgan fingerprint density at radius 1 is 0.914 bits per heavy atom. The Bertz CT molecular complexity index is 1140. The van der Waals surface area contributed by atoms with Crippen molar-refractivity contribution in [3.8, 4) is 5.75 Å². The maximum atomic E-state index is 12.2. The van der Waals surface area contributed by atoms with E-state index in [-0.39, 0.29) is 0 Å². The van der Waals surface area contributed by atoms with Gasteiger partial charge in [-0.2, -0.15) is 0 Å². The number of carbonyl (C=O) groups excluding carboxylic acids is 1. The standard InChI is InChI=1S/C30H36N2O3/c1-30(2)18-16-22(17-19-30)21-6-10-24(11-7-21)32(3)25-12-8-23(9-13-25)31-28-15-14-26(34-4)20-27(28)29(33)35-5/h6-15,20,22,31H,16-19H2,1-5H3. The summed E-state index contributed by atoms with van der Waals surface area (Å²) in [5, 5.41) is 3.32. The molecule has 184 valence electrons. The number of anilines is 4. The number of ether oxygens (including phenoxy) is 2. The lowest BCUT2D eigenvalue weighted by molar-refractivity contribution is 0.0601. The van der Waals surface area contributed by atoms with Gasteiger partial charge in [0.15, 0.2) is 0 Å². The Morgan fingerprint density at radius 3 is 2.09 bits per heavy atom. The first-order valence-electron chi connectivity index (χ1n) is 12.3. The number of benzene rings is 3. The third-order valence-corrected chi connectivity index (χ3v) is 7.26. The Morgan fingerprint density at radius 2 is 1.51 bits per heavy atom. The molecule has 3 aromatic rings. The van der Waals surface area contributed by atoms with E-state index in [9.17, 15) is 4.79 Å². The topological polar surface area (TPSA) is 50.8 Å². The lowest BCUT2D eigenvalue weighted by atomic mass is 9.71. The highest BCUT2D eigenvalue weighted by Crippen LogP contribution is 2.42. The summed E-state index contributed by atoms with van der Waals surface area (Å²) in [5.41, 5.74) is 6.17. The number of hydrogen-bond acceptors (Lipinski definition) is 5. The molecule has 0 radical (unpaired) electrons. The molecule has 0 saturated heterocycles. The molecule has 0 bridgehead atoms. The first-order chi connectivity index (χ1) is 16.8. The van der Waals surface area contributed by atoms with E-state index in [2.05, 4.69) is 67.5 Å². The van der Waals surface area contributed by atoms with E-state index in [4.69, 9.17) is 9.47 Å². The summed E-state index contributed by atoms with van der Waals surface area (Å²) < 4.78 is 10.2. The SMILES string of the molecule is COC(=O)c1cc(OC)ccc1Nc1ccc(N(C)c2ccc(C3CCC(C)(C)CC3)cc2)cc1.